The van der Waals surface area contributed by atoms with Gasteiger partial charge in [-0.05, 0) is 55.9 Å². The molecule has 108 valence electrons. The molecule has 0 radical (unpaired) electrons. The number of urea groups is 1. The van der Waals surface area contributed by atoms with E-state index < -0.39 is 6.03 Å². The van der Waals surface area contributed by atoms with Crippen LogP contribution in [0, 0.1) is 11.8 Å². The number of primary amides is 1. The zero-order chi connectivity index (χ0) is 14.5. The number of rotatable bonds is 4. The van der Waals surface area contributed by atoms with Crippen molar-refractivity contribution in [1.82, 2.24) is 0 Å². The molecule has 20 heavy (non-hydrogen) atoms. The molecule has 0 aliphatic heterocycles. The standard InChI is InChI=1S/C16H23N3O/c1-11-7-12(2)9-13(8-11)10-18-14-3-5-15(6-4-14)19-16(17)20/h3-7,11,13,18H,8-10H2,1-2H3,(H3,17,19,20). The number of hydrogen-bond acceptors (Lipinski definition) is 2. The quantitative estimate of drug-likeness (QED) is 0.734. The Morgan fingerprint density at radius 3 is 2.55 bits per heavy atom. The molecule has 0 bridgehead atoms. The van der Waals surface area contributed by atoms with Gasteiger partial charge in [0.15, 0.2) is 0 Å². The molecule has 2 amide bonds. The van der Waals surface area contributed by atoms with Gasteiger partial charge in [0.1, 0.15) is 0 Å². The van der Waals surface area contributed by atoms with Crippen molar-refractivity contribution < 1.29 is 4.79 Å². The maximum atomic E-state index is 10.7. The van der Waals surface area contributed by atoms with Gasteiger partial charge in [0.25, 0.3) is 0 Å². The van der Waals surface area contributed by atoms with Gasteiger partial charge in [-0.25, -0.2) is 4.79 Å². The van der Waals surface area contributed by atoms with Crippen LogP contribution >= 0.6 is 0 Å². The van der Waals surface area contributed by atoms with Gasteiger partial charge >= 0.3 is 6.03 Å². The van der Waals surface area contributed by atoms with Crippen LogP contribution in [0.5, 0.6) is 0 Å². The molecule has 0 fully saturated rings. The highest BCUT2D eigenvalue weighted by Crippen LogP contribution is 2.28. The number of hydrogen-bond donors (Lipinski definition) is 3. The summed E-state index contributed by atoms with van der Waals surface area (Å²) in [5.74, 6) is 1.37. The zero-order valence-electron chi connectivity index (χ0n) is 12.1. The lowest BCUT2D eigenvalue weighted by atomic mass is 9.84. The number of anilines is 2. The molecule has 4 nitrogen and oxygen atoms in total. The van der Waals surface area contributed by atoms with Crippen LogP contribution in [-0.4, -0.2) is 12.6 Å². The summed E-state index contributed by atoms with van der Waals surface area (Å²) in [7, 11) is 0. The van der Waals surface area contributed by atoms with Crippen LogP contribution in [0.3, 0.4) is 0 Å². The first-order valence-corrected chi connectivity index (χ1v) is 7.10. The molecule has 4 N–H and O–H groups in total. The third kappa shape index (κ3) is 4.30. The number of allylic oxidation sites excluding steroid dienone is 2. The van der Waals surface area contributed by atoms with Gasteiger partial charge < -0.3 is 16.4 Å². The van der Waals surface area contributed by atoms with E-state index in [-0.39, 0.29) is 0 Å². The number of nitrogens with two attached hydrogens (primary N) is 1. The van der Waals surface area contributed by atoms with Gasteiger partial charge in [0.2, 0.25) is 0 Å². The third-order valence-corrected chi connectivity index (χ3v) is 3.63. The Balaban J connectivity index is 1.85. The molecule has 2 atom stereocenters. The topological polar surface area (TPSA) is 67.2 Å². The largest absolute Gasteiger partial charge is 0.385 e. The van der Waals surface area contributed by atoms with Gasteiger partial charge in [0.05, 0.1) is 0 Å². The van der Waals surface area contributed by atoms with Crippen molar-refractivity contribution in [2.75, 3.05) is 17.2 Å². The van der Waals surface area contributed by atoms with Gasteiger partial charge in [-0.2, -0.15) is 0 Å². The van der Waals surface area contributed by atoms with E-state index in [4.69, 9.17) is 5.73 Å². The van der Waals surface area contributed by atoms with Crippen LogP contribution in [0.1, 0.15) is 26.7 Å². The first-order valence-electron chi connectivity index (χ1n) is 7.10. The molecule has 1 aromatic carbocycles. The molecule has 0 spiro atoms. The number of amides is 2. The molecule has 0 aromatic heterocycles. The molecule has 2 rings (SSSR count). The summed E-state index contributed by atoms with van der Waals surface area (Å²) in [6, 6.07) is 7.08. The van der Waals surface area contributed by atoms with Gasteiger partial charge in [0, 0.05) is 17.9 Å². The molecular formula is C16H23N3O. The van der Waals surface area contributed by atoms with Crippen molar-refractivity contribution >= 4 is 17.4 Å². The smallest absolute Gasteiger partial charge is 0.316 e. The number of carbonyl (C=O) groups excluding carboxylic acids is 1. The van der Waals surface area contributed by atoms with Crippen molar-refractivity contribution in [2.24, 2.45) is 17.6 Å². The van der Waals surface area contributed by atoms with Crippen molar-refractivity contribution in [1.29, 1.82) is 0 Å². The molecule has 1 aromatic rings. The fraction of sp³-hybridized carbons (Fsp3) is 0.438. The maximum Gasteiger partial charge on any atom is 0.316 e. The van der Waals surface area contributed by atoms with Crippen LogP contribution in [0.4, 0.5) is 16.2 Å². The van der Waals surface area contributed by atoms with Gasteiger partial charge in [-0.15, -0.1) is 0 Å². The van der Waals surface area contributed by atoms with Crippen molar-refractivity contribution in [3.8, 4) is 0 Å². The minimum Gasteiger partial charge on any atom is -0.385 e. The highest BCUT2D eigenvalue weighted by Gasteiger charge is 2.17. The van der Waals surface area contributed by atoms with Crippen LogP contribution in [-0.2, 0) is 0 Å². The lowest BCUT2D eigenvalue weighted by molar-refractivity contribution is 0.259. The first kappa shape index (κ1) is 14.4. The predicted molar refractivity (Wildman–Crippen MR) is 83.8 cm³/mol. The Morgan fingerprint density at radius 2 is 1.95 bits per heavy atom. The number of carbonyl (C=O) groups is 1. The Kier molecular flexibility index (Phi) is 4.66. The summed E-state index contributed by atoms with van der Waals surface area (Å²) in [5, 5.41) is 6.02. The summed E-state index contributed by atoms with van der Waals surface area (Å²) < 4.78 is 0. The van der Waals surface area contributed by atoms with Crippen LogP contribution < -0.4 is 16.4 Å². The average Bonchev–Trinajstić information content (AvgIpc) is 2.36. The Bertz CT molecular complexity index is 493. The second-order valence-electron chi connectivity index (χ2n) is 5.74. The molecule has 4 heteroatoms. The van der Waals surface area contributed by atoms with E-state index in [9.17, 15) is 4.79 Å². The lowest BCUT2D eigenvalue weighted by Gasteiger charge is -2.26. The molecule has 1 aliphatic rings. The second kappa shape index (κ2) is 6.46. The van der Waals surface area contributed by atoms with Gasteiger partial charge in [-0.1, -0.05) is 18.6 Å². The fourth-order valence-electron chi connectivity index (χ4n) is 2.92. The SMILES string of the molecule is CC1=CC(C)CC(CNc2ccc(NC(N)=O)cc2)C1. The summed E-state index contributed by atoms with van der Waals surface area (Å²) in [6.45, 7) is 5.48. The van der Waals surface area contributed by atoms with E-state index in [1.807, 2.05) is 24.3 Å². The molecule has 0 heterocycles. The van der Waals surface area contributed by atoms with E-state index in [2.05, 4.69) is 30.6 Å². The molecule has 2 unspecified atom stereocenters. The summed E-state index contributed by atoms with van der Waals surface area (Å²) in [4.78, 5) is 10.7. The summed E-state index contributed by atoms with van der Waals surface area (Å²) in [6.07, 6.45) is 4.80. The van der Waals surface area contributed by atoms with Crippen molar-refractivity contribution in [2.45, 2.75) is 26.7 Å². The monoisotopic (exact) mass is 273 g/mol. The highest BCUT2D eigenvalue weighted by molar-refractivity contribution is 5.87. The molecular weight excluding hydrogens is 250 g/mol. The fourth-order valence-corrected chi connectivity index (χ4v) is 2.92. The predicted octanol–water partition coefficient (Wildman–Crippen LogP) is 3.58. The Hall–Kier alpha value is -1.97. The van der Waals surface area contributed by atoms with E-state index in [0.717, 1.165) is 12.2 Å². The second-order valence-corrected chi connectivity index (χ2v) is 5.74. The van der Waals surface area contributed by atoms with E-state index in [0.29, 0.717) is 17.5 Å². The first-order chi connectivity index (χ1) is 9.52. The van der Waals surface area contributed by atoms with E-state index >= 15 is 0 Å². The maximum absolute atomic E-state index is 10.7. The van der Waals surface area contributed by atoms with E-state index in [1.54, 1.807) is 0 Å². The van der Waals surface area contributed by atoms with E-state index in [1.165, 1.54) is 18.4 Å². The minimum absolute atomic E-state index is 0.538. The summed E-state index contributed by atoms with van der Waals surface area (Å²) >= 11 is 0. The average molecular weight is 273 g/mol. The lowest BCUT2D eigenvalue weighted by Crippen LogP contribution is -2.20. The Morgan fingerprint density at radius 1 is 1.30 bits per heavy atom. The van der Waals surface area contributed by atoms with Crippen LogP contribution in [0.2, 0.25) is 0 Å². The van der Waals surface area contributed by atoms with Crippen LogP contribution in [0.25, 0.3) is 0 Å². The molecule has 1 aliphatic carbocycles. The normalized spacial score (nSPS) is 22.0. The number of benzene rings is 1. The highest BCUT2D eigenvalue weighted by atomic mass is 16.2. The zero-order valence-corrected chi connectivity index (χ0v) is 12.1. The molecule has 0 saturated carbocycles. The van der Waals surface area contributed by atoms with Crippen molar-refractivity contribution in [3.63, 3.8) is 0 Å². The Labute approximate surface area is 120 Å². The van der Waals surface area contributed by atoms with Crippen molar-refractivity contribution in [3.05, 3.63) is 35.9 Å². The summed E-state index contributed by atoms with van der Waals surface area (Å²) in [5.41, 5.74) is 8.36. The third-order valence-electron chi connectivity index (χ3n) is 3.63. The molecule has 0 saturated heterocycles. The minimum atomic E-state index is -0.538. The van der Waals surface area contributed by atoms with Crippen LogP contribution in [0.15, 0.2) is 35.9 Å². The number of nitrogens with one attached hydrogen (secondary N) is 2. The van der Waals surface area contributed by atoms with Gasteiger partial charge in [-0.3, -0.25) is 0 Å².